The first-order valence-corrected chi connectivity index (χ1v) is 7.94. The van der Waals surface area contributed by atoms with E-state index in [9.17, 15) is 4.79 Å². The number of fused-ring (bicyclic) bond motifs is 3. The average Bonchev–Trinajstić information content (AvgIpc) is 2.91. The van der Waals surface area contributed by atoms with Crippen LogP contribution < -0.4 is 10.1 Å². The van der Waals surface area contributed by atoms with Crippen LogP contribution in [0.4, 0.5) is 5.69 Å². The standard InChI is InChI=1S/C19H21NO3/c1-4-7-12(2)19(21)20-15-11-17-14(10-18(15)22-3)13-8-5-6-9-16(13)23-17/h5-6,8-12H,4,7H2,1-3H3,(H,20,21)/t12-/m0/s1. The molecule has 0 bridgehead atoms. The van der Waals surface area contributed by atoms with Gasteiger partial charge in [0.2, 0.25) is 5.91 Å². The van der Waals surface area contributed by atoms with Crippen molar-refractivity contribution in [1.29, 1.82) is 0 Å². The van der Waals surface area contributed by atoms with Crippen LogP contribution >= 0.6 is 0 Å². The molecule has 3 aromatic rings. The zero-order valence-electron chi connectivity index (χ0n) is 13.7. The molecular weight excluding hydrogens is 290 g/mol. The van der Waals surface area contributed by atoms with E-state index in [2.05, 4.69) is 12.2 Å². The molecule has 0 radical (unpaired) electrons. The molecule has 120 valence electrons. The number of benzene rings is 2. The molecule has 0 aliphatic rings. The molecule has 1 amide bonds. The molecule has 1 aromatic heterocycles. The molecular formula is C19H21NO3. The lowest BCUT2D eigenvalue weighted by molar-refractivity contribution is -0.119. The second-order valence-corrected chi connectivity index (χ2v) is 5.83. The number of hydrogen-bond acceptors (Lipinski definition) is 3. The van der Waals surface area contributed by atoms with Crippen molar-refractivity contribution >= 4 is 33.5 Å². The van der Waals surface area contributed by atoms with Gasteiger partial charge < -0.3 is 14.5 Å². The summed E-state index contributed by atoms with van der Waals surface area (Å²) in [5.41, 5.74) is 2.21. The molecule has 1 N–H and O–H groups in total. The molecule has 0 unspecified atom stereocenters. The van der Waals surface area contributed by atoms with Crippen LogP contribution in [0.25, 0.3) is 21.9 Å². The summed E-state index contributed by atoms with van der Waals surface area (Å²) < 4.78 is 11.3. The van der Waals surface area contributed by atoms with Crippen molar-refractivity contribution in [2.75, 3.05) is 12.4 Å². The number of amides is 1. The van der Waals surface area contributed by atoms with Crippen LogP contribution in [-0.4, -0.2) is 13.0 Å². The number of carbonyl (C=O) groups excluding carboxylic acids is 1. The molecule has 0 saturated carbocycles. The lowest BCUT2D eigenvalue weighted by Gasteiger charge is -2.13. The molecule has 4 nitrogen and oxygen atoms in total. The molecule has 1 heterocycles. The maximum atomic E-state index is 12.3. The number of furan rings is 1. The Hall–Kier alpha value is -2.49. The summed E-state index contributed by atoms with van der Waals surface area (Å²) in [6, 6.07) is 11.6. The number of methoxy groups -OCH3 is 1. The smallest absolute Gasteiger partial charge is 0.227 e. The fourth-order valence-electron chi connectivity index (χ4n) is 2.84. The Morgan fingerprint density at radius 2 is 2.00 bits per heavy atom. The van der Waals surface area contributed by atoms with Crippen LogP contribution in [0.1, 0.15) is 26.7 Å². The number of nitrogens with one attached hydrogen (secondary N) is 1. The largest absolute Gasteiger partial charge is 0.495 e. The van der Waals surface area contributed by atoms with Crippen LogP contribution in [-0.2, 0) is 4.79 Å². The Morgan fingerprint density at radius 3 is 2.74 bits per heavy atom. The van der Waals surface area contributed by atoms with Crippen LogP contribution in [0.2, 0.25) is 0 Å². The predicted molar refractivity (Wildman–Crippen MR) is 93.0 cm³/mol. The minimum Gasteiger partial charge on any atom is -0.495 e. The van der Waals surface area contributed by atoms with Gasteiger partial charge in [0, 0.05) is 22.8 Å². The van der Waals surface area contributed by atoms with Gasteiger partial charge in [0.25, 0.3) is 0 Å². The highest BCUT2D eigenvalue weighted by atomic mass is 16.5. The van der Waals surface area contributed by atoms with Gasteiger partial charge in [0.15, 0.2) is 0 Å². The first-order valence-electron chi connectivity index (χ1n) is 7.94. The second-order valence-electron chi connectivity index (χ2n) is 5.83. The van der Waals surface area contributed by atoms with E-state index in [0.29, 0.717) is 11.4 Å². The molecule has 1 atom stereocenters. The van der Waals surface area contributed by atoms with E-state index in [1.165, 1.54) is 0 Å². The summed E-state index contributed by atoms with van der Waals surface area (Å²) in [5.74, 6) is 0.609. The van der Waals surface area contributed by atoms with E-state index in [-0.39, 0.29) is 11.8 Å². The molecule has 4 heteroatoms. The number of hydrogen-bond donors (Lipinski definition) is 1. The van der Waals surface area contributed by atoms with Gasteiger partial charge in [-0.1, -0.05) is 38.5 Å². The van der Waals surface area contributed by atoms with E-state index < -0.39 is 0 Å². The molecule has 3 rings (SSSR count). The van der Waals surface area contributed by atoms with E-state index >= 15 is 0 Å². The molecule has 0 saturated heterocycles. The van der Waals surface area contributed by atoms with Gasteiger partial charge in [-0.2, -0.15) is 0 Å². The van der Waals surface area contributed by atoms with Gasteiger partial charge in [0.1, 0.15) is 16.9 Å². The summed E-state index contributed by atoms with van der Waals surface area (Å²) in [6.45, 7) is 4.01. The summed E-state index contributed by atoms with van der Waals surface area (Å²) in [4.78, 5) is 12.3. The minimum absolute atomic E-state index is 0.000566. The molecule has 2 aromatic carbocycles. The highest BCUT2D eigenvalue weighted by molar-refractivity contribution is 6.07. The Morgan fingerprint density at radius 1 is 1.22 bits per heavy atom. The summed E-state index contributed by atoms with van der Waals surface area (Å²) in [6.07, 6.45) is 1.84. The summed E-state index contributed by atoms with van der Waals surface area (Å²) >= 11 is 0. The van der Waals surface area contributed by atoms with Gasteiger partial charge in [-0.15, -0.1) is 0 Å². The van der Waals surface area contributed by atoms with Crippen LogP contribution in [0, 0.1) is 5.92 Å². The SMILES string of the molecule is CCC[C@H](C)C(=O)Nc1cc2oc3ccccc3c2cc1OC. The Balaban J connectivity index is 2.03. The van der Waals surface area contributed by atoms with Crippen molar-refractivity contribution in [3.63, 3.8) is 0 Å². The maximum Gasteiger partial charge on any atom is 0.227 e. The minimum atomic E-state index is -0.0314. The first kappa shape index (κ1) is 15.4. The highest BCUT2D eigenvalue weighted by Crippen LogP contribution is 2.36. The van der Waals surface area contributed by atoms with Crippen molar-refractivity contribution in [2.45, 2.75) is 26.7 Å². The van der Waals surface area contributed by atoms with Crippen molar-refractivity contribution in [1.82, 2.24) is 0 Å². The van der Waals surface area contributed by atoms with Gasteiger partial charge in [0.05, 0.1) is 12.8 Å². The fraction of sp³-hybridized carbons (Fsp3) is 0.316. The number of carbonyl (C=O) groups is 1. The number of anilines is 1. The highest BCUT2D eigenvalue weighted by Gasteiger charge is 2.17. The third-order valence-electron chi connectivity index (χ3n) is 4.13. The monoisotopic (exact) mass is 311 g/mol. The van der Waals surface area contributed by atoms with Gasteiger partial charge >= 0.3 is 0 Å². The van der Waals surface area contributed by atoms with Crippen LogP contribution in [0.5, 0.6) is 5.75 Å². The van der Waals surface area contributed by atoms with Gasteiger partial charge in [-0.25, -0.2) is 0 Å². The van der Waals surface area contributed by atoms with Crippen LogP contribution in [0.15, 0.2) is 40.8 Å². The van der Waals surface area contributed by atoms with E-state index in [1.54, 1.807) is 7.11 Å². The van der Waals surface area contributed by atoms with Gasteiger partial charge in [-0.05, 0) is 18.6 Å². The third kappa shape index (κ3) is 2.89. The Kier molecular flexibility index (Phi) is 4.24. The summed E-state index contributed by atoms with van der Waals surface area (Å²) in [5, 5.41) is 4.98. The van der Waals surface area contributed by atoms with Gasteiger partial charge in [-0.3, -0.25) is 4.79 Å². The zero-order valence-corrected chi connectivity index (χ0v) is 13.7. The predicted octanol–water partition coefficient (Wildman–Crippen LogP) is 4.97. The molecule has 23 heavy (non-hydrogen) atoms. The number of ether oxygens (including phenoxy) is 1. The third-order valence-corrected chi connectivity index (χ3v) is 4.13. The molecule has 0 spiro atoms. The van der Waals surface area contributed by atoms with Crippen molar-refractivity contribution in [2.24, 2.45) is 5.92 Å². The summed E-state index contributed by atoms with van der Waals surface area (Å²) in [7, 11) is 1.61. The van der Waals surface area contributed by atoms with E-state index in [0.717, 1.165) is 34.8 Å². The normalized spacial score (nSPS) is 12.5. The van der Waals surface area contributed by atoms with Crippen molar-refractivity contribution < 1.29 is 13.9 Å². The number of para-hydroxylation sites is 1. The van der Waals surface area contributed by atoms with Crippen molar-refractivity contribution in [3.8, 4) is 5.75 Å². The van der Waals surface area contributed by atoms with Crippen molar-refractivity contribution in [3.05, 3.63) is 36.4 Å². The zero-order chi connectivity index (χ0) is 16.4. The molecule has 0 aliphatic heterocycles. The maximum absolute atomic E-state index is 12.3. The second kappa shape index (κ2) is 6.32. The molecule has 0 aliphatic carbocycles. The lowest BCUT2D eigenvalue weighted by Crippen LogP contribution is -2.20. The lowest BCUT2D eigenvalue weighted by atomic mass is 10.1. The Labute approximate surface area is 135 Å². The molecule has 0 fully saturated rings. The fourth-order valence-corrected chi connectivity index (χ4v) is 2.84. The average molecular weight is 311 g/mol. The van der Waals surface area contributed by atoms with Crippen LogP contribution in [0.3, 0.4) is 0 Å². The Bertz CT molecular complexity index is 850. The first-order chi connectivity index (χ1) is 11.1. The van der Waals surface area contributed by atoms with E-state index in [4.69, 9.17) is 9.15 Å². The van der Waals surface area contributed by atoms with E-state index in [1.807, 2.05) is 43.3 Å². The quantitative estimate of drug-likeness (QED) is 0.724. The topological polar surface area (TPSA) is 51.5 Å². The number of rotatable bonds is 5.